The highest BCUT2D eigenvalue weighted by Gasteiger charge is 2.29. The molecule has 0 saturated carbocycles. The van der Waals surface area contributed by atoms with Crippen LogP contribution in [-0.4, -0.2) is 42.7 Å². The van der Waals surface area contributed by atoms with Crippen molar-refractivity contribution in [2.24, 2.45) is 0 Å². The van der Waals surface area contributed by atoms with E-state index in [0.29, 0.717) is 26.4 Å². The van der Waals surface area contributed by atoms with Gasteiger partial charge in [-0.2, -0.15) is 20.5 Å². The number of amides is 1. The van der Waals surface area contributed by atoms with Crippen molar-refractivity contribution in [1.82, 2.24) is 35.6 Å². The second-order valence-electron chi connectivity index (χ2n) is 9.55. The molecule has 0 radical (unpaired) electrons. The zero-order chi connectivity index (χ0) is 27.1. The highest BCUT2D eigenvalue weighted by atomic mass is 35.5. The van der Waals surface area contributed by atoms with Crippen molar-refractivity contribution >= 4 is 51.7 Å². The Morgan fingerprint density at radius 1 is 0.949 bits per heavy atom. The molecule has 0 aliphatic carbocycles. The van der Waals surface area contributed by atoms with Gasteiger partial charge in [0.05, 0.1) is 22.4 Å². The van der Waals surface area contributed by atoms with Crippen LogP contribution in [0.5, 0.6) is 0 Å². The fourth-order valence-electron chi connectivity index (χ4n) is 5.15. The first-order valence-electron chi connectivity index (χ1n) is 12.6. The van der Waals surface area contributed by atoms with E-state index in [0.717, 1.165) is 59.2 Å². The van der Waals surface area contributed by atoms with Crippen molar-refractivity contribution in [2.45, 2.75) is 32.2 Å². The number of aromatic nitrogens is 5. The number of nitrogens with one attached hydrogen (secondary N) is 2. The number of carbonyl (C=O) groups is 1. The number of benzene rings is 3. The molecule has 3 heterocycles. The van der Waals surface area contributed by atoms with E-state index in [1.807, 2.05) is 42.3 Å². The molecule has 1 fully saturated rings. The van der Waals surface area contributed by atoms with Gasteiger partial charge < -0.3 is 0 Å². The summed E-state index contributed by atoms with van der Waals surface area (Å²) in [6.07, 6.45) is 2.96. The largest absolute Gasteiger partial charge is 0.286 e. The van der Waals surface area contributed by atoms with Gasteiger partial charge in [-0.3, -0.25) is 10.2 Å². The van der Waals surface area contributed by atoms with E-state index in [2.05, 4.69) is 20.8 Å². The highest BCUT2D eigenvalue weighted by Crippen LogP contribution is 2.34. The van der Waals surface area contributed by atoms with Gasteiger partial charge in [0, 0.05) is 27.7 Å². The van der Waals surface area contributed by atoms with Gasteiger partial charge in [-0.25, -0.2) is 9.69 Å². The maximum atomic E-state index is 13.8. The molecule has 3 aromatic carbocycles. The Kier molecular flexibility index (Phi) is 7.03. The van der Waals surface area contributed by atoms with Crippen molar-refractivity contribution in [3.8, 4) is 16.9 Å². The van der Waals surface area contributed by atoms with E-state index in [-0.39, 0.29) is 11.9 Å². The number of aromatic amines is 1. The molecule has 39 heavy (non-hydrogen) atoms. The Hall–Kier alpha value is -3.43. The van der Waals surface area contributed by atoms with Gasteiger partial charge in [-0.05, 0) is 67.8 Å². The van der Waals surface area contributed by atoms with E-state index in [4.69, 9.17) is 39.9 Å². The van der Waals surface area contributed by atoms with Crippen LogP contribution in [0.3, 0.4) is 0 Å². The average Bonchev–Trinajstić information content (AvgIpc) is 3.53. The highest BCUT2D eigenvalue weighted by molar-refractivity contribution is 6.35. The van der Waals surface area contributed by atoms with E-state index in [1.54, 1.807) is 35.0 Å². The minimum absolute atomic E-state index is 0.00707. The molecule has 6 rings (SSSR count). The third-order valence-corrected chi connectivity index (χ3v) is 7.86. The molecule has 0 bridgehead atoms. The molecule has 11 heteroatoms. The standard InChI is InChI=1S/C28H24Cl3N7O/c1-16-26(28(39)35-37-13-3-2-4-24(37)18-7-11-22-23(14-18)33-36-32-22)34-38(25-12-10-20(30)15-21(25)31)27(16)17-5-8-19(29)9-6-17/h5-12,14-15,24H,2-4,13H2,1H3,(H,35,39)(H,32,33,36). The maximum Gasteiger partial charge on any atom is 0.286 e. The van der Waals surface area contributed by atoms with Crippen molar-refractivity contribution in [2.75, 3.05) is 6.54 Å². The summed E-state index contributed by atoms with van der Waals surface area (Å²) in [7, 11) is 0. The number of nitrogens with zero attached hydrogens (tertiary/aromatic N) is 5. The first-order chi connectivity index (χ1) is 18.9. The molecule has 8 nitrogen and oxygen atoms in total. The second-order valence-corrected chi connectivity index (χ2v) is 10.8. The number of carbonyl (C=O) groups excluding carboxylic acids is 1. The van der Waals surface area contributed by atoms with Crippen LogP contribution in [0.25, 0.3) is 28.0 Å². The monoisotopic (exact) mass is 579 g/mol. The minimum atomic E-state index is -0.291. The minimum Gasteiger partial charge on any atom is -0.283 e. The van der Waals surface area contributed by atoms with Crippen LogP contribution in [0.15, 0.2) is 60.7 Å². The van der Waals surface area contributed by atoms with Crippen LogP contribution in [0.4, 0.5) is 0 Å². The molecule has 198 valence electrons. The zero-order valence-electron chi connectivity index (χ0n) is 21.0. The summed E-state index contributed by atoms with van der Waals surface area (Å²) < 4.78 is 1.69. The molecular formula is C28H24Cl3N7O. The Labute approximate surface area is 239 Å². The fraction of sp³-hybridized carbons (Fsp3) is 0.214. The van der Waals surface area contributed by atoms with E-state index in [1.165, 1.54) is 0 Å². The summed E-state index contributed by atoms with van der Waals surface area (Å²) in [5.74, 6) is -0.291. The zero-order valence-corrected chi connectivity index (χ0v) is 23.2. The van der Waals surface area contributed by atoms with Gasteiger partial charge in [-0.1, -0.05) is 59.4 Å². The normalized spacial score (nSPS) is 16.1. The van der Waals surface area contributed by atoms with Gasteiger partial charge in [0.15, 0.2) is 5.69 Å². The molecule has 1 amide bonds. The molecule has 0 spiro atoms. The predicted octanol–water partition coefficient (Wildman–Crippen LogP) is 6.95. The number of fused-ring (bicyclic) bond motifs is 1. The molecule has 1 aliphatic rings. The number of rotatable bonds is 5. The molecule has 1 aliphatic heterocycles. The lowest BCUT2D eigenvalue weighted by atomic mass is 9.96. The molecule has 5 aromatic rings. The molecule has 1 unspecified atom stereocenters. The smallest absolute Gasteiger partial charge is 0.283 e. The summed E-state index contributed by atoms with van der Waals surface area (Å²) in [5.41, 5.74) is 9.06. The van der Waals surface area contributed by atoms with Crippen LogP contribution in [0.1, 0.15) is 46.9 Å². The molecular weight excluding hydrogens is 557 g/mol. The summed E-state index contributed by atoms with van der Waals surface area (Å²) in [6, 6.07) is 18.6. The topological polar surface area (TPSA) is 91.7 Å². The van der Waals surface area contributed by atoms with Crippen LogP contribution >= 0.6 is 34.8 Å². The molecule has 2 N–H and O–H groups in total. The predicted molar refractivity (Wildman–Crippen MR) is 153 cm³/mol. The second kappa shape index (κ2) is 10.6. The summed E-state index contributed by atoms with van der Waals surface area (Å²) in [6.45, 7) is 2.61. The Morgan fingerprint density at radius 3 is 2.51 bits per heavy atom. The number of piperidine rings is 1. The van der Waals surface area contributed by atoms with Crippen LogP contribution < -0.4 is 5.43 Å². The number of H-pyrrole nitrogens is 1. The molecule has 1 atom stereocenters. The van der Waals surface area contributed by atoms with Crippen LogP contribution in [-0.2, 0) is 0 Å². The Balaban J connectivity index is 1.37. The summed E-state index contributed by atoms with van der Waals surface area (Å²) >= 11 is 18.9. The van der Waals surface area contributed by atoms with Gasteiger partial charge in [0.1, 0.15) is 11.0 Å². The van der Waals surface area contributed by atoms with E-state index < -0.39 is 0 Å². The Morgan fingerprint density at radius 2 is 1.72 bits per heavy atom. The molecule has 1 saturated heterocycles. The Bertz CT molecular complexity index is 1680. The third-order valence-electron chi connectivity index (χ3n) is 7.07. The van der Waals surface area contributed by atoms with E-state index >= 15 is 0 Å². The molecule has 2 aromatic heterocycles. The fourth-order valence-corrected chi connectivity index (χ4v) is 5.76. The lowest BCUT2D eigenvalue weighted by molar-refractivity contribution is 0.0566. The van der Waals surface area contributed by atoms with Gasteiger partial charge in [0.25, 0.3) is 5.91 Å². The number of halogens is 3. The van der Waals surface area contributed by atoms with Crippen LogP contribution in [0.2, 0.25) is 15.1 Å². The lowest BCUT2D eigenvalue weighted by Crippen LogP contribution is -2.47. The number of hydrazine groups is 1. The van der Waals surface area contributed by atoms with Crippen molar-refractivity contribution in [3.05, 3.63) is 92.6 Å². The van der Waals surface area contributed by atoms with Crippen molar-refractivity contribution in [1.29, 1.82) is 0 Å². The maximum absolute atomic E-state index is 13.8. The van der Waals surface area contributed by atoms with Crippen molar-refractivity contribution < 1.29 is 4.79 Å². The first-order valence-corrected chi connectivity index (χ1v) is 13.7. The third kappa shape index (κ3) is 5.01. The summed E-state index contributed by atoms with van der Waals surface area (Å²) in [5, 5.41) is 19.3. The van der Waals surface area contributed by atoms with Crippen LogP contribution in [0, 0.1) is 6.92 Å². The number of hydrogen-bond acceptors (Lipinski definition) is 5. The van der Waals surface area contributed by atoms with Gasteiger partial charge in [-0.15, -0.1) is 0 Å². The lowest BCUT2D eigenvalue weighted by Gasteiger charge is -2.35. The van der Waals surface area contributed by atoms with Crippen molar-refractivity contribution in [3.63, 3.8) is 0 Å². The SMILES string of the molecule is Cc1c(C(=O)NN2CCCCC2c2ccc3n[nH]nc3c2)nn(-c2ccc(Cl)cc2Cl)c1-c1ccc(Cl)cc1. The quantitative estimate of drug-likeness (QED) is 0.235. The average molecular weight is 581 g/mol. The van der Waals surface area contributed by atoms with E-state index in [9.17, 15) is 4.79 Å². The summed E-state index contributed by atoms with van der Waals surface area (Å²) in [4.78, 5) is 13.8. The van der Waals surface area contributed by atoms with Gasteiger partial charge in [0.2, 0.25) is 0 Å². The number of hydrogen-bond donors (Lipinski definition) is 2. The van der Waals surface area contributed by atoms with Gasteiger partial charge >= 0.3 is 0 Å². The first kappa shape index (κ1) is 25.8.